The third-order valence-corrected chi connectivity index (χ3v) is 1.97. The van der Waals surface area contributed by atoms with Gasteiger partial charge in [-0.25, -0.2) is 4.79 Å². The van der Waals surface area contributed by atoms with Crippen LogP contribution in [0.4, 0.5) is 10.5 Å². The van der Waals surface area contributed by atoms with Crippen LogP contribution in [-0.4, -0.2) is 11.1 Å². The fourth-order valence-corrected chi connectivity index (χ4v) is 1.16. The Morgan fingerprint density at radius 2 is 2.25 bits per heavy atom. The van der Waals surface area contributed by atoms with Crippen molar-refractivity contribution in [3.63, 3.8) is 0 Å². The fraction of sp³-hybridized carbons (Fsp3) is 0.250. The molecule has 4 heteroatoms. The van der Waals surface area contributed by atoms with Gasteiger partial charge in [0.05, 0.1) is 5.69 Å². The highest BCUT2D eigenvalue weighted by Gasteiger charge is 2.04. The zero-order valence-corrected chi connectivity index (χ0v) is 9.45. The number of carbonyl (C=O) groups is 1. The van der Waals surface area contributed by atoms with Gasteiger partial charge in [0.2, 0.25) is 0 Å². The summed E-state index contributed by atoms with van der Waals surface area (Å²) in [6.45, 7) is 3.84. The van der Waals surface area contributed by atoms with Crippen molar-refractivity contribution in [3.8, 4) is 5.75 Å². The van der Waals surface area contributed by atoms with Gasteiger partial charge >= 0.3 is 6.03 Å². The first kappa shape index (κ1) is 12.1. The number of rotatable bonds is 3. The van der Waals surface area contributed by atoms with Crippen LogP contribution in [-0.2, 0) is 0 Å². The molecule has 0 atom stereocenters. The third-order valence-electron chi connectivity index (χ3n) is 1.97. The molecule has 16 heavy (non-hydrogen) atoms. The Morgan fingerprint density at radius 3 is 2.88 bits per heavy atom. The fourth-order valence-electron chi connectivity index (χ4n) is 1.16. The minimum atomic E-state index is -0.371. The average Bonchev–Trinajstić information content (AvgIpc) is 2.23. The van der Waals surface area contributed by atoms with E-state index in [0.29, 0.717) is 5.69 Å². The molecule has 0 spiro atoms. The van der Waals surface area contributed by atoms with Crippen molar-refractivity contribution in [3.05, 3.63) is 36.0 Å². The number of phenols is 1. The number of benzene rings is 1. The van der Waals surface area contributed by atoms with Gasteiger partial charge in [0.25, 0.3) is 0 Å². The van der Waals surface area contributed by atoms with Crippen molar-refractivity contribution in [1.29, 1.82) is 0 Å². The topological polar surface area (TPSA) is 61.4 Å². The third kappa shape index (κ3) is 3.65. The number of carbonyl (C=O) groups excluding carboxylic acids is 1. The van der Waals surface area contributed by atoms with E-state index < -0.39 is 0 Å². The molecule has 0 heterocycles. The highest BCUT2D eigenvalue weighted by molar-refractivity contribution is 5.91. The van der Waals surface area contributed by atoms with Gasteiger partial charge in [-0.1, -0.05) is 19.1 Å². The van der Waals surface area contributed by atoms with Crippen LogP contribution in [0.2, 0.25) is 0 Å². The number of urea groups is 1. The summed E-state index contributed by atoms with van der Waals surface area (Å²) in [6.07, 6.45) is 4.26. The summed E-state index contributed by atoms with van der Waals surface area (Å²) < 4.78 is 0. The zero-order valence-electron chi connectivity index (χ0n) is 9.45. The largest absolute Gasteiger partial charge is 0.506 e. The van der Waals surface area contributed by atoms with Gasteiger partial charge in [0, 0.05) is 6.20 Å². The number of hydrogen-bond donors (Lipinski definition) is 3. The number of amides is 2. The maximum atomic E-state index is 11.3. The first-order chi connectivity index (χ1) is 7.63. The van der Waals surface area contributed by atoms with Crippen molar-refractivity contribution in [2.75, 3.05) is 5.32 Å². The second kappa shape index (κ2) is 5.80. The molecule has 0 aliphatic rings. The lowest BCUT2D eigenvalue weighted by molar-refractivity contribution is 0.255. The molecule has 86 valence electrons. The predicted octanol–water partition coefficient (Wildman–Crippen LogP) is 2.75. The SMILES string of the molecule is CC/C=C/NC(=O)Nc1ccc(C)cc1O. The summed E-state index contributed by atoms with van der Waals surface area (Å²) in [5, 5.41) is 14.6. The molecule has 0 bridgehead atoms. The molecule has 0 saturated carbocycles. The molecule has 2 amide bonds. The number of phenolic OH excluding ortho intramolecular Hbond substituents is 1. The van der Waals surface area contributed by atoms with Crippen LogP contribution >= 0.6 is 0 Å². The second-order valence-electron chi connectivity index (χ2n) is 3.43. The van der Waals surface area contributed by atoms with Crippen LogP contribution in [0.15, 0.2) is 30.5 Å². The van der Waals surface area contributed by atoms with Crippen LogP contribution in [0.5, 0.6) is 5.75 Å². The first-order valence-corrected chi connectivity index (χ1v) is 5.15. The van der Waals surface area contributed by atoms with E-state index in [2.05, 4.69) is 10.6 Å². The highest BCUT2D eigenvalue weighted by Crippen LogP contribution is 2.23. The molecule has 1 aromatic rings. The summed E-state index contributed by atoms with van der Waals surface area (Å²) in [5.74, 6) is 0.0645. The summed E-state index contributed by atoms with van der Waals surface area (Å²) in [6, 6.07) is 4.70. The Bertz CT molecular complexity index is 400. The molecule has 0 aliphatic carbocycles. The molecule has 3 N–H and O–H groups in total. The van der Waals surface area contributed by atoms with Crippen molar-refractivity contribution >= 4 is 11.7 Å². The van der Waals surface area contributed by atoms with E-state index in [-0.39, 0.29) is 11.8 Å². The quantitative estimate of drug-likeness (QED) is 0.686. The average molecular weight is 220 g/mol. The molecular formula is C12H16N2O2. The normalized spacial score (nSPS) is 10.4. The minimum absolute atomic E-state index is 0.0645. The van der Waals surface area contributed by atoms with E-state index in [1.807, 2.05) is 26.0 Å². The van der Waals surface area contributed by atoms with Gasteiger partial charge in [0.15, 0.2) is 0 Å². The van der Waals surface area contributed by atoms with E-state index in [9.17, 15) is 9.90 Å². The molecule has 0 unspecified atom stereocenters. The lowest BCUT2D eigenvalue weighted by Gasteiger charge is -2.07. The predicted molar refractivity (Wildman–Crippen MR) is 64.4 cm³/mol. The first-order valence-electron chi connectivity index (χ1n) is 5.15. The standard InChI is InChI=1S/C12H16N2O2/c1-3-4-7-13-12(16)14-10-6-5-9(2)8-11(10)15/h4-8,15H,3H2,1-2H3,(H2,13,14,16)/b7-4+. The van der Waals surface area contributed by atoms with E-state index in [1.54, 1.807) is 18.3 Å². The van der Waals surface area contributed by atoms with E-state index in [0.717, 1.165) is 12.0 Å². The van der Waals surface area contributed by atoms with Crippen LogP contribution in [0.1, 0.15) is 18.9 Å². The number of allylic oxidation sites excluding steroid dienone is 1. The van der Waals surface area contributed by atoms with Gasteiger partial charge < -0.3 is 15.7 Å². The maximum Gasteiger partial charge on any atom is 0.323 e. The molecule has 1 aromatic carbocycles. The van der Waals surface area contributed by atoms with Crippen molar-refractivity contribution in [2.45, 2.75) is 20.3 Å². The number of nitrogens with one attached hydrogen (secondary N) is 2. The molecule has 0 radical (unpaired) electrons. The van der Waals surface area contributed by atoms with E-state index in [1.165, 1.54) is 0 Å². The maximum absolute atomic E-state index is 11.3. The number of hydrogen-bond acceptors (Lipinski definition) is 2. The van der Waals surface area contributed by atoms with Crippen LogP contribution < -0.4 is 10.6 Å². The van der Waals surface area contributed by atoms with Gasteiger partial charge in [-0.2, -0.15) is 0 Å². The number of aryl methyl sites for hydroxylation is 1. The highest BCUT2D eigenvalue weighted by atomic mass is 16.3. The Balaban J connectivity index is 2.59. The van der Waals surface area contributed by atoms with Gasteiger partial charge in [-0.3, -0.25) is 0 Å². The van der Waals surface area contributed by atoms with E-state index >= 15 is 0 Å². The zero-order chi connectivity index (χ0) is 12.0. The molecule has 4 nitrogen and oxygen atoms in total. The molecule has 0 aromatic heterocycles. The summed E-state index contributed by atoms with van der Waals surface area (Å²) in [4.78, 5) is 11.3. The Hall–Kier alpha value is -1.97. The second-order valence-corrected chi connectivity index (χ2v) is 3.43. The Morgan fingerprint density at radius 1 is 1.50 bits per heavy atom. The van der Waals surface area contributed by atoms with Crippen LogP contribution in [0.25, 0.3) is 0 Å². The minimum Gasteiger partial charge on any atom is -0.506 e. The van der Waals surface area contributed by atoms with Gasteiger partial charge in [-0.05, 0) is 31.0 Å². The van der Waals surface area contributed by atoms with Crippen molar-refractivity contribution in [1.82, 2.24) is 5.32 Å². The molecule has 0 aliphatic heterocycles. The monoisotopic (exact) mass is 220 g/mol. The van der Waals surface area contributed by atoms with Gasteiger partial charge in [0.1, 0.15) is 5.75 Å². The summed E-state index contributed by atoms with van der Waals surface area (Å²) in [5.41, 5.74) is 1.34. The molecule has 0 saturated heterocycles. The molecular weight excluding hydrogens is 204 g/mol. The van der Waals surface area contributed by atoms with Crippen LogP contribution in [0, 0.1) is 6.92 Å². The van der Waals surface area contributed by atoms with Crippen molar-refractivity contribution in [2.24, 2.45) is 0 Å². The summed E-state index contributed by atoms with van der Waals surface area (Å²) in [7, 11) is 0. The Labute approximate surface area is 95.0 Å². The van der Waals surface area contributed by atoms with Crippen molar-refractivity contribution < 1.29 is 9.90 Å². The number of anilines is 1. The summed E-state index contributed by atoms with van der Waals surface area (Å²) >= 11 is 0. The molecule has 0 fully saturated rings. The van der Waals surface area contributed by atoms with Gasteiger partial charge in [-0.15, -0.1) is 0 Å². The Kier molecular flexibility index (Phi) is 4.39. The van der Waals surface area contributed by atoms with E-state index in [4.69, 9.17) is 0 Å². The smallest absolute Gasteiger partial charge is 0.323 e. The van der Waals surface area contributed by atoms with Crippen LogP contribution in [0.3, 0.4) is 0 Å². The molecule has 1 rings (SSSR count). The lowest BCUT2D eigenvalue weighted by Crippen LogP contribution is -2.23. The lowest BCUT2D eigenvalue weighted by atomic mass is 10.2. The number of aromatic hydroxyl groups is 1.